The van der Waals surface area contributed by atoms with Crippen molar-refractivity contribution in [1.29, 1.82) is 0 Å². The molecule has 4 heteroatoms. The third kappa shape index (κ3) is 4.75. The average Bonchev–Trinajstić information content (AvgIpc) is 2.08. The maximum Gasteiger partial charge on any atom is 0.255 e. The smallest absolute Gasteiger partial charge is 0.255 e. The van der Waals surface area contributed by atoms with Gasteiger partial charge in [0, 0.05) is 17.3 Å². The van der Waals surface area contributed by atoms with Gasteiger partial charge in [0.05, 0.1) is 5.56 Å². The van der Waals surface area contributed by atoms with Gasteiger partial charge in [-0.1, -0.05) is 20.8 Å². The molecule has 0 spiro atoms. The van der Waals surface area contributed by atoms with Gasteiger partial charge >= 0.3 is 0 Å². The number of aromatic amines is 1. The van der Waals surface area contributed by atoms with E-state index in [0.29, 0.717) is 5.82 Å². The van der Waals surface area contributed by atoms with Gasteiger partial charge in [0.1, 0.15) is 5.82 Å². The molecule has 0 aliphatic carbocycles. The Labute approximate surface area is 122 Å². The summed E-state index contributed by atoms with van der Waals surface area (Å²) in [5.74, 6) is 0.664. The monoisotopic (exact) mass is 279 g/mol. The summed E-state index contributed by atoms with van der Waals surface area (Å²) >= 11 is 0. The number of aromatic nitrogens is 2. The van der Waals surface area contributed by atoms with Gasteiger partial charge in [-0.3, -0.25) is 4.79 Å². The Morgan fingerprint density at radius 1 is 1.20 bits per heavy atom. The highest BCUT2D eigenvalue weighted by atomic mass is 16.1. The molecule has 114 valence electrons. The number of nitrogens with zero attached hydrogens (tertiary/aromatic N) is 1. The van der Waals surface area contributed by atoms with Crippen LogP contribution in [0.2, 0.25) is 0 Å². The lowest BCUT2D eigenvalue weighted by Gasteiger charge is -2.36. The maximum absolute atomic E-state index is 12.1. The van der Waals surface area contributed by atoms with Gasteiger partial charge < -0.3 is 10.3 Å². The molecule has 0 bridgehead atoms. The van der Waals surface area contributed by atoms with E-state index in [4.69, 9.17) is 0 Å². The molecule has 1 heterocycles. The second-order valence-corrected chi connectivity index (χ2v) is 7.64. The highest BCUT2D eigenvalue weighted by molar-refractivity contribution is 5.20. The van der Waals surface area contributed by atoms with Gasteiger partial charge in [-0.2, -0.15) is 0 Å². The molecule has 4 nitrogen and oxygen atoms in total. The molecule has 0 aliphatic heterocycles. The van der Waals surface area contributed by atoms with E-state index in [1.165, 1.54) is 0 Å². The largest absolute Gasteiger partial charge is 0.310 e. The maximum atomic E-state index is 12.1. The molecule has 2 N–H and O–H groups in total. The van der Waals surface area contributed by atoms with Crippen molar-refractivity contribution in [3.63, 3.8) is 0 Å². The Morgan fingerprint density at radius 3 is 2.20 bits per heavy atom. The molecule has 0 saturated heterocycles. The molecule has 1 aromatic rings. The number of H-pyrrole nitrogens is 1. The number of hydrogen-bond donors (Lipinski definition) is 2. The van der Waals surface area contributed by atoms with Crippen molar-refractivity contribution in [1.82, 2.24) is 15.3 Å². The first-order valence-electron chi connectivity index (χ1n) is 7.26. The van der Waals surface area contributed by atoms with Gasteiger partial charge in [-0.25, -0.2) is 4.98 Å². The van der Waals surface area contributed by atoms with E-state index in [1.807, 2.05) is 13.8 Å². The summed E-state index contributed by atoms with van der Waals surface area (Å²) in [6.45, 7) is 16.8. The van der Waals surface area contributed by atoms with E-state index in [2.05, 4.69) is 49.9 Å². The zero-order chi connectivity index (χ0) is 15.7. The summed E-state index contributed by atoms with van der Waals surface area (Å²) in [5, 5.41) is 3.57. The van der Waals surface area contributed by atoms with Crippen molar-refractivity contribution in [2.45, 2.75) is 73.4 Å². The molecule has 1 rings (SSSR count). The van der Waals surface area contributed by atoms with Crippen molar-refractivity contribution in [3.05, 3.63) is 27.4 Å². The van der Waals surface area contributed by atoms with Crippen LogP contribution in [-0.4, -0.2) is 15.5 Å². The van der Waals surface area contributed by atoms with E-state index >= 15 is 0 Å². The zero-order valence-corrected chi connectivity index (χ0v) is 14.1. The molecule has 0 fully saturated rings. The quantitative estimate of drug-likeness (QED) is 0.889. The van der Waals surface area contributed by atoms with Crippen LogP contribution in [0.1, 0.15) is 71.1 Å². The lowest BCUT2D eigenvalue weighted by molar-refractivity contribution is 0.226. The minimum atomic E-state index is -0.0402. The van der Waals surface area contributed by atoms with Gasteiger partial charge in [-0.15, -0.1) is 0 Å². The molecule has 1 unspecified atom stereocenters. The summed E-state index contributed by atoms with van der Waals surface area (Å²) in [7, 11) is 0. The van der Waals surface area contributed by atoms with E-state index < -0.39 is 0 Å². The third-order valence-electron chi connectivity index (χ3n) is 3.28. The summed E-state index contributed by atoms with van der Waals surface area (Å²) in [4.78, 5) is 19.3. The Kier molecular flexibility index (Phi) is 4.80. The summed E-state index contributed by atoms with van der Waals surface area (Å²) < 4.78 is 0. The summed E-state index contributed by atoms with van der Waals surface area (Å²) in [6.07, 6.45) is 1.03. The first kappa shape index (κ1) is 16.9. The molecule has 0 amide bonds. The lowest BCUT2D eigenvalue weighted by Crippen LogP contribution is -2.45. The van der Waals surface area contributed by atoms with Crippen LogP contribution in [0, 0.1) is 19.3 Å². The highest BCUT2D eigenvalue weighted by Gasteiger charge is 2.28. The predicted molar refractivity (Wildman–Crippen MR) is 84.0 cm³/mol. The first-order chi connectivity index (χ1) is 8.91. The molecular formula is C16H29N3O. The van der Waals surface area contributed by atoms with Crippen molar-refractivity contribution >= 4 is 0 Å². The van der Waals surface area contributed by atoms with Crippen LogP contribution >= 0.6 is 0 Å². The standard InChI is InChI=1S/C16H29N3O/c1-10-13(14(20)18-12(3)17-10)11(2)19-16(7,8)9-15(4,5)6/h11,19H,9H2,1-8H3,(H,17,18,20). The fourth-order valence-electron chi connectivity index (χ4n) is 3.28. The minimum absolute atomic E-state index is 0.0239. The van der Waals surface area contributed by atoms with Gasteiger partial charge in [0.15, 0.2) is 0 Å². The minimum Gasteiger partial charge on any atom is -0.310 e. The fraction of sp³-hybridized carbons (Fsp3) is 0.750. The van der Waals surface area contributed by atoms with Crippen molar-refractivity contribution in [3.8, 4) is 0 Å². The first-order valence-corrected chi connectivity index (χ1v) is 7.26. The van der Waals surface area contributed by atoms with Crippen LogP contribution in [0.3, 0.4) is 0 Å². The molecule has 20 heavy (non-hydrogen) atoms. The number of rotatable bonds is 4. The topological polar surface area (TPSA) is 57.8 Å². The van der Waals surface area contributed by atoms with Crippen molar-refractivity contribution in [2.24, 2.45) is 5.41 Å². The van der Waals surface area contributed by atoms with Gasteiger partial charge in [0.25, 0.3) is 5.56 Å². The van der Waals surface area contributed by atoms with Crippen molar-refractivity contribution in [2.75, 3.05) is 0 Å². The third-order valence-corrected chi connectivity index (χ3v) is 3.28. The van der Waals surface area contributed by atoms with E-state index in [9.17, 15) is 4.79 Å². The van der Waals surface area contributed by atoms with Crippen LogP contribution in [0.4, 0.5) is 0 Å². The fourth-order valence-corrected chi connectivity index (χ4v) is 3.28. The molecule has 0 aliphatic rings. The van der Waals surface area contributed by atoms with Crippen LogP contribution in [0.25, 0.3) is 0 Å². The molecule has 0 radical (unpaired) electrons. The van der Waals surface area contributed by atoms with E-state index in [-0.39, 0.29) is 22.6 Å². The Bertz CT molecular complexity index is 524. The van der Waals surface area contributed by atoms with Gasteiger partial charge in [-0.05, 0) is 46.5 Å². The van der Waals surface area contributed by atoms with Crippen LogP contribution in [0.15, 0.2) is 4.79 Å². The average molecular weight is 279 g/mol. The summed E-state index contributed by atoms with van der Waals surface area (Å²) in [5.41, 5.74) is 1.70. The van der Waals surface area contributed by atoms with E-state index in [1.54, 1.807) is 6.92 Å². The second-order valence-electron chi connectivity index (χ2n) is 7.64. The molecular weight excluding hydrogens is 250 g/mol. The predicted octanol–water partition coefficient (Wildman–Crippen LogP) is 3.25. The molecule has 1 aromatic heterocycles. The lowest BCUT2D eigenvalue weighted by atomic mass is 9.81. The zero-order valence-electron chi connectivity index (χ0n) is 14.1. The second kappa shape index (κ2) is 5.68. The molecule has 1 atom stereocenters. The highest BCUT2D eigenvalue weighted by Crippen LogP contribution is 2.28. The number of hydrogen-bond acceptors (Lipinski definition) is 3. The normalized spacial score (nSPS) is 14.4. The summed E-state index contributed by atoms with van der Waals surface area (Å²) in [6, 6.07) is -0.0239. The van der Waals surface area contributed by atoms with Crippen molar-refractivity contribution < 1.29 is 0 Å². The Hall–Kier alpha value is -1.16. The Morgan fingerprint density at radius 2 is 1.75 bits per heavy atom. The van der Waals surface area contributed by atoms with Gasteiger partial charge in [0.2, 0.25) is 0 Å². The number of aryl methyl sites for hydroxylation is 2. The molecule has 0 saturated carbocycles. The van der Waals surface area contributed by atoms with Crippen LogP contribution < -0.4 is 10.9 Å². The Balaban J connectivity index is 2.97. The molecule has 0 aromatic carbocycles. The van der Waals surface area contributed by atoms with E-state index in [0.717, 1.165) is 17.7 Å². The van der Waals surface area contributed by atoms with Crippen LogP contribution in [-0.2, 0) is 0 Å². The SMILES string of the molecule is Cc1nc(C)c(C(C)NC(C)(C)CC(C)(C)C)c(=O)[nH]1. The van der Waals surface area contributed by atoms with Crippen LogP contribution in [0.5, 0.6) is 0 Å². The number of nitrogens with one attached hydrogen (secondary N) is 2.